The van der Waals surface area contributed by atoms with Gasteiger partial charge in [0.2, 0.25) is 0 Å². The number of hydrogen-bond acceptors (Lipinski definition) is 3. The van der Waals surface area contributed by atoms with Gasteiger partial charge in [-0.3, -0.25) is 4.90 Å². The van der Waals surface area contributed by atoms with Crippen molar-refractivity contribution in [1.29, 1.82) is 0 Å². The minimum atomic E-state index is -0.952. The van der Waals surface area contributed by atoms with Crippen LogP contribution in [-0.2, 0) is 6.54 Å². The highest BCUT2D eigenvalue weighted by molar-refractivity contribution is 5.90. The van der Waals surface area contributed by atoms with Crippen LogP contribution in [-0.4, -0.2) is 36.2 Å². The number of unbranched alkanes of at least 4 members (excludes halogenated alkanes) is 2. The van der Waals surface area contributed by atoms with Crippen LogP contribution in [0.4, 0.5) is 0 Å². The molecule has 0 aliphatic heterocycles. The largest absolute Gasteiger partial charge is 0.496 e. The first kappa shape index (κ1) is 17.5. The highest BCUT2D eigenvalue weighted by Crippen LogP contribution is 2.21. The standard InChI is InChI=1S/C17H27NO3/c1-4-6-10-18(11-7-5-2)13-14-8-9-15(17(19)20)16(12-14)21-3/h8-9,12H,4-7,10-11,13H2,1-3H3,(H,19,20). The van der Waals surface area contributed by atoms with Crippen molar-refractivity contribution in [2.24, 2.45) is 0 Å². The summed E-state index contributed by atoms with van der Waals surface area (Å²) in [6.07, 6.45) is 4.75. The van der Waals surface area contributed by atoms with Gasteiger partial charge < -0.3 is 9.84 Å². The van der Waals surface area contributed by atoms with Crippen molar-refractivity contribution in [2.75, 3.05) is 20.2 Å². The van der Waals surface area contributed by atoms with Crippen LogP contribution in [0.15, 0.2) is 18.2 Å². The van der Waals surface area contributed by atoms with Crippen LogP contribution >= 0.6 is 0 Å². The quantitative estimate of drug-likeness (QED) is 0.713. The molecule has 0 spiro atoms. The van der Waals surface area contributed by atoms with Crippen molar-refractivity contribution in [3.8, 4) is 5.75 Å². The van der Waals surface area contributed by atoms with E-state index in [2.05, 4.69) is 18.7 Å². The number of hydrogen-bond donors (Lipinski definition) is 1. The molecule has 1 N–H and O–H groups in total. The lowest BCUT2D eigenvalue weighted by Crippen LogP contribution is -2.25. The SMILES string of the molecule is CCCCN(CCCC)Cc1ccc(C(=O)O)c(OC)c1. The van der Waals surface area contributed by atoms with Crippen LogP contribution in [0.3, 0.4) is 0 Å². The fourth-order valence-corrected chi connectivity index (χ4v) is 2.30. The Morgan fingerprint density at radius 3 is 2.29 bits per heavy atom. The molecule has 0 heterocycles. The van der Waals surface area contributed by atoms with E-state index in [1.54, 1.807) is 6.07 Å². The molecule has 0 bridgehead atoms. The van der Waals surface area contributed by atoms with Gasteiger partial charge in [0.15, 0.2) is 0 Å². The van der Waals surface area contributed by atoms with Gasteiger partial charge in [0.05, 0.1) is 7.11 Å². The monoisotopic (exact) mass is 293 g/mol. The van der Waals surface area contributed by atoms with E-state index in [1.165, 1.54) is 32.8 Å². The maximum atomic E-state index is 11.1. The molecule has 118 valence electrons. The second kappa shape index (κ2) is 9.40. The second-order valence-electron chi connectivity index (χ2n) is 5.32. The Labute approximate surface area is 127 Å². The first-order valence-electron chi connectivity index (χ1n) is 7.74. The van der Waals surface area contributed by atoms with E-state index in [0.29, 0.717) is 5.75 Å². The summed E-state index contributed by atoms with van der Waals surface area (Å²) in [6.45, 7) is 7.40. The summed E-state index contributed by atoms with van der Waals surface area (Å²) in [7, 11) is 1.51. The molecular formula is C17H27NO3. The van der Waals surface area contributed by atoms with Crippen molar-refractivity contribution in [3.05, 3.63) is 29.3 Å². The molecule has 1 aromatic carbocycles. The smallest absolute Gasteiger partial charge is 0.339 e. The highest BCUT2D eigenvalue weighted by atomic mass is 16.5. The average Bonchev–Trinajstić information content (AvgIpc) is 2.49. The van der Waals surface area contributed by atoms with Gasteiger partial charge in [-0.2, -0.15) is 0 Å². The van der Waals surface area contributed by atoms with E-state index < -0.39 is 5.97 Å². The highest BCUT2D eigenvalue weighted by Gasteiger charge is 2.12. The number of carboxylic acid groups (broad SMARTS) is 1. The predicted octanol–water partition coefficient (Wildman–Crippen LogP) is 3.80. The molecule has 4 nitrogen and oxygen atoms in total. The van der Waals surface area contributed by atoms with Crippen molar-refractivity contribution in [1.82, 2.24) is 4.90 Å². The van der Waals surface area contributed by atoms with Gasteiger partial charge in [-0.1, -0.05) is 32.8 Å². The van der Waals surface area contributed by atoms with Crippen LogP contribution in [0.25, 0.3) is 0 Å². The van der Waals surface area contributed by atoms with E-state index in [0.717, 1.165) is 25.2 Å². The summed E-state index contributed by atoms with van der Waals surface area (Å²) >= 11 is 0. The summed E-state index contributed by atoms with van der Waals surface area (Å²) in [5.41, 5.74) is 1.32. The van der Waals surface area contributed by atoms with Crippen molar-refractivity contribution < 1.29 is 14.6 Å². The topological polar surface area (TPSA) is 49.8 Å². The van der Waals surface area contributed by atoms with E-state index in [-0.39, 0.29) is 5.56 Å². The number of ether oxygens (including phenoxy) is 1. The first-order valence-corrected chi connectivity index (χ1v) is 7.74. The predicted molar refractivity (Wildman–Crippen MR) is 85.0 cm³/mol. The van der Waals surface area contributed by atoms with Crippen LogP contribution in [0.2, 0.25) is 0 Å². The number of benzene rings is 1. The summed E-state index contributed by atoms with van der Waals surface area (Å²) in [4.78, 5) is 13.5. The molecule has 0 saturated carbocycles. The molecule has 21 heavy (non-hydrogen) atoms. The fourth-order valence-electron chi connectivity index (χ4n) is 2.30. The Hall–Kier alpha value is -1.55. The van der Waals surface area contributed by atoms with E-state index in [4.69, 9.17) is 9.84 Å². The number of rotatable bonds is 10. The Morgan fingerprint density at radius 1 is 1.19 bits per heavy atom. The number of methoxy groups -OCH3 is 1. The number of carboxylic acids is 1. The molecule has 0 radical (unpaired) electrons. The molecule has 0 aliphatic carbocycles. The van der Waals surface area contributed by atoms with Gasteiger partial charge in [-0.25, -0.2) is 4.79 Å². The van der Waals surface area contributed by atoms with Gasteiger partial charge in [0, 0.05) is 6.54 Å². The zero-order valence-electron chi connectivity index (χ0n) is 13.4. The third kappa shape index (κ3) is 5.76. The van der Waals surface area contributed by atoms with Crippen molar-refractivity contribution >= 4 is 5.97 Å². The van der Waals surface area contributed by atoms with Gasteiger partial charge in [-0.05, 0) is 43.6 Å². The van der Waals surface area contributed by atoms with Gasteiger partial charge in [0.1, 0.15) is 11.3 Å². The van der Waals surface area contributed by atoms with Crippen LogP contribution in [0.5, 0.6) is 5.75 Å². The van der Waals surface area contributed by atoms with Crippen LogP contribution in [0, 0.1) is 0 Å². The first-order chi connectivity index (χ1) is 10.1. The molecule has 0 atom stereocenters. The van der Waals surface area contributed by atoms with Gasteiger partial charge in [0.25, 0.3) is 0 Å². The molecule has 0 saturated heterocycles. The molecule has 0 fully saturated rings. The molecular weight excluding hydrogens is 266 g/mol. The molecule has 0 unspecified atom stereocenters. The molecule has 1 rings (SSSR count). The fraction of sp³-hybridized carbons (Fsp3) is 0.588. The summed E-state index contributed by atoms with van der Waals surface area (Å²) in [5.74, 6) is -0.516. The summed E-state index contributed by atoms with van der Waals surface area (Å²) in [6, 6.07) is 5.36. The lowest BCUT2D eigenvalue weighted by molar-refractivity contribution is 0.0693. The van der Waals surface area contributed by atoms with E-state index in [1.807, 2.05) is 12.1 Å². The average molecular weight is 293 g/mol. The number of carbonyl (C=O) groups is 1. The van der Waals surface area contributed by atoms with Crippen molar-refractivity contribution in [2.45, 2.75) is 46.1 Å². The minimum Gasteiger partial charge on any atom is -0.496 e. The Bertz CT molecular complexity index is 438. The molecule has 0 amide bonds. The van der Waals surface area contributed by atoms with Crippen LogP contribution in [0.1, 0.15) is 55.5 Å². The molecule has 1 aromatic rings. The Kier molecular flexibility index (Phi) is 7.83. The van der Waals surface area contributed by atoms with Gasteiger partial charge in [-0.15, -0.1) is 0 Å². The van der Waals surface area contributed by atoms with Crippen molar-refractivity contribution in [3.63, 3.8) is 0 Å². The maximum absolute atomic E-state index is 11.1. The maximum Gasteiger partial charge on any atom is 0.339 e. The minimum absolute atomic E-state index is 0.218. The Balaban J connectivity index is 2.79. The van der Waals surface area contributed by atoms with E-state index in [9.17, 15) is 4.79 Å². The number of nitrogens with zero attached hydrogens (tertiary/aromatic N) is 1. The summed E-state index contributed by atoms with van der Waals surface area (Å²) < 4.78 is 5.19. The molecule has 0 aliphatic rings. The lowest BCUT2D eigenvalue weighted by Gasteiger charge is -2.22. The Morgan fingerprint density at radius 2 is 1.81 bits per heavy atom. The lowest BCUT2D eigenvalue weighted by atomic mass is 10.1. The third-order valence-electron chi connectivity index (χ3n) is 3.56. The normalized spacial score (nSPS) is 10.9. The van der Waals surface area contributed by atoms with Gasteiger partial charge >= 0.3 is 5.97 Å². The number of aromatic carboxylic acids is 1. The van der Waals surface area contributed by atoms with Crippen LogP contribution < -0.4 is 4.74 Å². The molecule has 4 heteroatoms. The second-order valence-corrected chi connectivity index (χ2v) is 5.32. The zero-order valence-corrected chi connectivity index (χ0v) is 13.4. The molecule has 0 aromatic heterocycles. The zero-order chi connectivity index (χ0) is 15.7. The van der Waals surface area contributed by atoms with E-state index >= 15 is 0 Å². The third-order valence-corrected chi connectivity index (χ3v) is 3.56. The summed E-state index contributed by atoms with van der Waals surface area (Å²) in [5, 5.41) is 9.11.